The third-order valence-corrected chi connectivity index (χ3v) is 3.23. The van der Waals surface area contributed by atoms with Crippen molar-refractivity contribution in [3.05, 3.63) is 42.0 Å². The minimum Gasteiger partial charge on any atom is -0.740 e. The number of rotatable bonds is 5. The quantitative estimate of drug-likeness (QED) is 0.777. The Labute approximate surface area is 109 Å². The van der Waals surface area contributed by atoms with Gasteiger partial charge >= 0.3 is 0 Å². The fourth-order valence-corrected chi connectivity index (χ4v) is 2.31. The number of benzene rings is 2. The van der Waals surface area contributed by atoms with Crippen LogP contribution in [0.15, 0.2) is 36.4 Å². The summed E-state index contributed by atoms with van der Waals surface area (Å²) >= 11 is -2.52. The topological polar surface area (TPSA) is 49.4 Å². The monoisotopic (exact) mass is 263 g/mol. The molecule has 0 N–H and O–H groups in total. The Hall–Kier alpha value is -1.39. The van der Waals surface area contributed by atoms with E-state index in [4.69, 9.17) is 0 Å². The van der Waals surface area contributed by atoms with E-state index in [0.717, 1.165) is 30.0 Å². The van der Waals surface area contributed by atoms with Gasteiger partial charge in [-0.25, -0.2) is 4.21 Å². The molecule has 96 valence electrons. The normalized spacial score (nSPS) is 12.6. The van der Waals surface area contributed by atoms with Crippen LogP contribution in [0.2, 0.25) is 0 Å². The van der Waals surface area contributed by atoms with Gasteiger partial charge in [0.25, 0.3) is 0 Å². The zero-order valence-corrected chi connectivity index (χ0v) is 11.0. The summed E-state index contributed by atoms with van der Waals surface area (Å²) in [6, 6.07) is 11.4. The molecule has 0 aliphatic heterocycles. The summed E-state index contributed by atoms with van der Waals surface area (Å²) in [4.78, 5) is 0. The molecule has 0 fully saturated rings. The third-order valence-electron chi connectivity index (χ3n) is 2.91. The summed E-state index contributed by atoms with van der Waals surface area (Å²) in [5.41, 5.74) is 1.30. The molecule has 0 aliphatic rings. The fourth-order valence-electron chi connectivity index (χ4n) is 2.04. The highest BCUT2D eigenvalue weighted by atomic mass is 32.2. The number of unbranched alkanes of at least 4 members (excludes halogenated alkanes) is 1. The van der Waals surface area contributed by atoms with Crippen LogP contribution in [0, 0.1) is 0 Å². The molecule has 2 aromatic rings. The molecule has 4 heteroatoms. The van der Waals surface area contributed by atoms with Crippen molar-refractivity contribution in [1.82, 2.24) is 0 Å². The first-order chi connectivity index (χ1) is 8.70. The standard InChI is InChI=1S/C14H16O3S/c1-2-3-5-11-6-4-7-12-10-13(17-18(15)16)8-9-14(11)12/h4,6-10H,2-3,5H2,1H3,(H,15,16)/p-1. The smallest absolute Gasteiger partial charge is 0.139 e. The van der Waals surface area contributed by atoms with Crippen molar-refractivity contribution in [3.63, 3.8) is 0 Å². The van der Waals surface area contributed by atoms with Gasteiger partial charge in [-0.2, -0.15) is 0 Å². The third kappa shape index (κ3) is 3.09. The molecular formula is C14H15O3S-. The van der Waals surface area contributed by atoms with Crippen LogP contribution in [-0.4, -0.2) is 8.76 Å². The lowest BCUT2D eigenvalue weighted by Gasteiger charge is -2.10. The maximum absolute atomic E-state index is 10.5. The zero-order valence-electron chi connectivity index (χ0n) is 10.2. The molecule has 18 heavy (non-hydrogen) atoms. The number of hydrogen-bond acceptors (Lipinski definition) is 3. The average molecular weight is 263 g/mol. The van der Waals surface area contributed by atoms with Gasteiger partial charge in [0.1, 0.15) is 17.1 Å². The maximum Gasteiger partial charge on any atom is 0.139 e. The van der Waals surface area contributed by atoms with Crippen LogP contribution in [0.4, 0.5) is 0 Å². The van der Waals surface area contributed by atoms with Gasteiger partial charge in [0.05, 0.1) is 0 Å². The molecule has 0 aromatic heterocycles. The first kappa shape index (κ1) is 13.1. The highest BCUT2D eigenvalue weighted by Gasteiger charge is 2.02. The number of aryl methyl sites for hydroxylation is 1. The summed E-state index contributed by atoms with van der Waals surface area (Å²) < 4.78 is 25.6. The maximum atomic E-state index is 10.5. The average Bonchev–Trinajstić information content (AvgIpc) is 2.35. The van der Waals surface area contributed by atoms with Crippen LogP contribution in [-0.2, 0) is 17.8 Å². The zero-order chi connectivity index (χ0) is 13.0. The number of fused-ring (bicyclic) bond motifs is 1. The fraction of sp³-hybridized carbons (Fsp3) is 0.286. The van der Waals surface area contributed by atoms with Crippen molar-refractivity contribution < 1.29 is 12.9 Å². The molecule has 1 atom stereocenters. The van der Waals surface area contributed by atoms with Crippen LogP contribution in [0.3, 0.4) is 0 Å². The van der Waals surface area contributed by atoms with Gasteiger partial charge in [-0.1, -0.05) is 37.6 Å². The summed E-state index contributed by atoms with van der Waals surface area (Å²) in [6.45, 7) is 2.17. The second kappa shape index (κ2) is 5.98. The van der Waals surface area contributed by atoms with Crippen LogP contribution in [0.5, 0.6) is 5.75 Å². The Morgan fingerprint density at radius 2 is 2.11 bits per heavy atom. The van der Waals surface area contributed by atoms with Gasteiger partial charge in [-0.05, 0) is 41.3 Å². The largest absolute Gasteiger partial charge is 0.740 e. The first-order valence-corrected chi connectivity index (χ1v) is 7.00. The van der Waals surface area contributed by atoms with E-state index in [-0.39, 0.29) is 0 Å². The highest BCUT2D eigenvalue weighted by Crippen LogP contribution is 2.25. The van der Waals surface area contributed by atoms with Crippen molar-refractivity contribution in [1.29, 1.82) is 0 Å². The molecule has 1 unspecified atom stereocenters. The second-order valence-electron chi connectivity index (χ2n) is 4.19. The number of hydrogen-bond donors (Lipinski definition) is 0. The predicted molar refractivity (Wildman–Crippen MR) is 72.1 cm³/mol. The second-order valence-corrected chi connectivity index (χ2v) is 4.77. The van der Waals surface area contributed by atoms with Gasteiger partial charge < -0.3 is 8.74 Å². The minimum atomic E-state index is -2.52. The van der Waals surface area contributed by atoms with Crippen molar-refractivity contribution in [2.45, 2.75) is 26.2 Å². The van der Waals surface area contributed by atoms with Gasteiger partial charge in [0.2, 0.25) is 0 Å². The van der Waals surface area contributed by atoms with E-state index in [1.807, 2.05) is 18.2 Å². The minimum absolute atomic E-state index is 0.350. The summed E-state index contributed by atoms with van der Waals surface area (Å²) in [6.07, 6.45) is 3.36. The molecule has 0 amide bonds. The SMILES string of the molecule is CCCCc1cccc2cc(OS(=O)[O-])ccc12. The van der Waals surface area contributed by atoms with Gasteiger partial charge in [-0.3, -0.25) is 0 Å². The van der Waals surface area contributed by atoms with Crippen molar-refractivity contribution >= 4 is 22.1 Å². The lowest BCUT2D eigenvalue weighted by Crippen LogP contribution is -1.97. The van der Waals surface area contributed by atoms with E-state index >= 15 is 0 Å². The Balaban J connectivity index is 2.36. The highest BCUT2D eigenvalue weighted by molar-refractivity contribution is 7.74. The van der Waals surface area contributed by atoms with Crippen LogP contribution in [0.1, 0.15) is 25.3 Å². The molecule has 2 rings (SSSR count). The molecule has 0 saturated heterocycles. The molecule has 0 saturated carbocycles. The first-order valence-electron chi connectivity index (χ1n) is 6.00. The molecule has 0 radical (unpaired) electrons. The lowest BCUT2D eigenvalue weighted by molar-refractivity contribution is 0.440. The Morgan fingerprint density at radius 3 is 2.83 bits per heavy atom. The molecular weight excluding hydrogens is 248 g/mol. The molecule has 2 aromatic carbocycles. The molecule has 0 spiro atoms. The van der Waals surface area contributed by atoms with E-state index in [2.05, 4.69) is 17.2 Å². The van der Waals surface area contributed by atoms with Crippen LogP contribution in [0.25, 0.3) is 10.8 Å². The molecule has 3 nitrogen and oxygen atoms in total. The van der Waals surface area contributed by atoms with Crippen molar-refractivity contribution in [2.24, 2.45) is 0 Å². The van der Waals surface area contributed by atoms with Gasteiger partial charge in [0.15, 0.2) is 0 Å². The Morgan fingerprint density at radius 1 is 1.28 bits per heavy atom. The summed E-state index contributed by atoms with van der Waals surface area (Å²) in [7, 11) is 0. The van der Waals surface area contributed by atoms with Gasteiger partial charge in [0, 0.05) is 0 Å². The molecule has 0 aliphatic carbocycles. The van der Waals surface area contributed by atoms with Crippen LogP contribution < -0.4 is 4.18 Å². The molecule has 0 bridgehead atoms. The van der Waals surface area contributed by atoms with Crippen molar-refractivity contribution in [3.8, 4) is 5.75 Å². The predicted octanol–water partition coefficient (Wildman–Crippen LogP) is 3.36. The Bertz CT molecular complexity index is 566. The lowest BCUT2D eigenvalue weighted by atomic mass is 10.0. The summed E-state index contributed by atoms with van der Waals surface area (Å²) in [5.74, 6) is 0.350. The van der Waals surface area contributed by atoms with E-state index in [9.17, 15) is 8.76 Å². The van der Waals surface area contributed by atoms with E-state index < -0.39 is 11.4 Å². The van der Waals surface area contributed by atoms with E-state index in [1.165, 1.54) is 5.56 Å². The molecule has 0 heterocycles. The summed E-state index contributed by atoms with van der Waals surface area (Å²) in [5, 5.41) is 2.17. The van der Waals surface area contributed by atoms with Gasteiger partial charge in [-0.15, -0.1) is 0 Å². The van der Waals surface area contributed by atoms with E-state index in [0.29, 0.717) is 5.75 Å². The van der Waals surface area contributed by atoms with Crippen molar-refractivity contribution in [2.75, 3.05) is 0 Å². The van der Waals surface area contributed by atoms with Crippen LogP contribution >= 0.6 is 0 Å². The Kier molecular flexibility index (Phi) is 4.33. The van der Waals surface area contributed by atoms with E-state index in [1.54, 1.807) is 12.1 Å².